The molecule has 1 saturated carbocycles. The third-order valence-corrected chi connectivity index (χ3v) is 5.57. The maximum Gasteiger partial charge on any atom is 0.332 e. The van der Waals surface area contributed by atoms with Crippen LogP contribution in [0, 0.1) is 11.8 Å². The van der Waals surface area contributed by atoms with Gasteiger partial charge in [0.2, 0.25) is 0 Å². The molecule has 5 heteroatoms. The maximum absolute atomic E-state index is 11.3. The number of urea groups is 1. The Balaban J connectivity index is 1.76. The number of carbonyl (C=O) groups excluding carboxylic acids is 1. The molecule has 2 aromatic rings. The number of hydrogen-bond acceptors (Lipinski definition) is 3. The highest BCUT2D eigenvalue weighted by Gasteiger charge is 2.45. The van der Waals surface area contributed by atoms with Crippen molar-refractivity contribution < 1.29 is 4.79 Å². The molecule has 1 aliphatic heterocycles. The Morgan fingerprint density at radius 2 is 1.42 bits per heavy atom. The average Bonchev–Trinajstić information content (AvgIpc) is 2.68. The van der Waals surface area contributed by atoms with Crippen LogP contribution in [-0.2, 0) is 0 Å². The Hall–Kier alpha value is -2.66. The van der Waals surface area contributed by atoms with Crippen molar-refractivity contribution in [2.45, 2.75) is 31.3 Å². The van der Waals surface area contributed by atoms with Crippen LogP contribution in [0.15, 0.2) is 65.8 Å². The zero-order chi connectivity index (χ0) is 17.9. The highest BCUT2D eigenvalue weighted by atomic mass is 16.2. The summed E-state index contributed by atoms with van der Waals surface area (Å²) < 4.78 is 0. The number of rotatable bonds is 3. The van der Waals surface area contributed by atoms with E-state index in [1.54, 1.807) is 0 Å². The first-order chi connectivity index (χ1) is 12.7. The van der Waals surface area contributed by atoms with Gasteiger partial charge in [-0.15, -0.1) is 0 Å². The van der Waals surface area contributed by atoms with Gasteiger partial charge in [-0.2, -0.15) is 5.10 Å². The van der Waals surface area contributed by atoms with Gasteiger partial charge >= 0.3 is 6.03 Å². The molecule has 0 spiro atoms. The lowest BCUT2D eigenvalue weighted by Gasteiger charge is -2.47. The largest absolute Gasteiger partial charge is 0.350 e. The van der Waals surface area contributed by atoms with E-state index in [4.69, 9.17) is 5.73 Å². The summed E-state index contributed by atoms with van der Waals surface area (Å²) >= 11 is 0. The van der Waals surface area contributed by atoms with Gasteiger partial charge in [0.15, 0.2) is 0 Å². The van der Waals surface area contributed by atoms with E-state index in [9.17, 15) is 4.79 Å². The molecule has 1 aliphatic carbocycles. The van der Waals surface area contributed by atoms with Crippen LogP contribution in [0.4, 0.5) is 4.79 Å². The highest BCUT2D eigenvalue weighted by molar-refractivity contribution is 5.92. The SMILES string of the molecule is NC(=O)NN=C1[C@@H]2CCC[C@@H]1[C@@H](c1ccccc1)N[C@@H]2c1ccccc1. The van der Waals surface area contributed by atoms with Crippen molar-refractivity contribution in [3.05, 3.63) is 71.8 Å². The first-order valence-corrected chi connectivity index (χ1v) is 9.23. The fourth-order valence-corrected chi connectivity index (χ4v) is 4.49. The molecule has 4 rings (SSSR count). The van der Waals surface area contributed by atoms with E-state index in [1.807, 2.05) is 12.1 Å². The molecule has 134 valence electrons. The molecule has 2 aliphatic rings. The summed E-state index contributed by atoms with van der Waals surface area (Å²) in [5.74, 6) is 0.533. The Morgan fingerprint density at radius 3 is 1.88 bits per heavy atom. The number of hydrogen-bond donors (Lipinski definition) is 3. The van der Waals surface area contributed by atoms with Gasteiger partial charge in [0, 0.05) is 29.6 Å². The average molecular weight is 348 g/mol. The summed E-state index contributed by atoms with van der Waals surface area (Å²) in [6, 6.07) is 20.7. The van der Waals surface area contributed by atoms with E-state index in [0.29, 0.717) is 0 Å². The Kier molecular flexibility index (Phi) is 4.71. The van der Waals surface area contributed by atoms with Crippen molar-refractivity contribution in [2.75, 3.05) is 0 Å². The van der Waals surface area contributed by atoms with Crippen LogP contribution >= 0.6 is 0 Å². The van der Waals surface area contributed by atoms with E-state index in [1.165, 1.54) is 17.5 Å². The minimum atomic E-state index is -0.610. The molecule has 0 aromatic heterocycles. The van der Waals surface area contributed by atoms with E-state index >= 15 is 0 Å². The summed E-state index contributed by atoms with van der Waals surface area (Å²) in [5.41, 5.74) is 11.3. The molecule has 1 saturated heterocycles. The van der Waals surface area contributed by atoms with E-state index < -0.39 is 6.03 Å². The molecule has 2 bridgehead atoms. The van der Waals surface area contributed by atoms with Gasteiger partial charge in [0.25, 0.3) is 0 Å². The second-order valence-electron chi connectivity index (χ2n) is 7.10. The Labute approximate surface area is 153 Å². The van der Waals surface area contributed by atoms with Crippen molar-refractivity contribution in [3.8, 4) is 0 Å². The Morgan fingerprint density at radius 1 is 0.923 bits per heavy atom. The van der Waals surface area contributed by atoms with Crippen molar-refractivity contribution in [1.29, 1.82) is 0 Å². The number of nitrogens with one attached hydrogen (secondary N) is 2. The summed E-state index contributed by atoms with van der Waals surface area (Å²) in [5, 5.41) is 8.35. The van der Waals surface area contributed by atoms with E-state index in [-0.39, 0.29) is 23.9 Å². The fraction of sp³-hybridized carbons (Fsp3) is 0.333. The van der Waals surface area contributed by atoms with Crippen LogP contribution in [0.2, 0.25) is 0 Å². The third kappa shape index (κ3) is 3.22. The van der Waals surface area contributed by atoms with E-state index in [2.05, 4.69) is 64.4 Å². The number of primary amides is 1. The van der Waals surface area contributed by atoms with Crippen LogP contribution in [0.1, 0.15) is 42.5 Å². The number of piperidine rings is 1. The summed E-state index contributed by atoms with van der Waals surface area (Å²) in [6.45, 7) is 0. The molecule has 2 amide bonds. The number of nitrogens with zero attached hydrogens (tertiary/aromatic N) is 1. The quantitative estimate of drug-likeness (QED) is 0.742. The van der Waals surface area contributed by atoms with Gasteiger partial charge in [-0.05, 0) is 24.0 Å². The molecule has 0 unspecified atom stereocenters. The minimum Gasteiger partial charge on any atom is -0.350 e. The molecule has 26 heavy (non-hydrogen) atoms. The lowest BCUT2D eigenvalue weighted by Crippen LogP contribution is -2.51. The molecule has 4 N–H and O–H groups in total. The molecule has 4 atom stereocenters. The van der Waals surface area contributed by atoms with Gasteiger partial charge in [0.1, 0.15) is 0 Å². The van der Waals surface area contributed by atoms with Crippen LogP contribution in [0.3, 0.4) is 0 Å². The minimum absolute atomic E-state index is 0.173. The van der Waals surface area contributed by atoms with Crippen molar-refractivity contribution in [1.82, 2.24) is 10.7 Å². The number of fused-ring (bicyclic) bond motifs is 2. The van der Waals surface area contributed by atoms with Crippen LogP contribution in [0.25, 0.3) is 0 Å². The smallest absolute Gasteiger partial charge is 0.332 e. The second kappa shape index (κ2) is 7.30. The number of hydrazone groups is 1. The summed E-state index contributed by atoms with van der Waals surface area (Å²) in [4.78, 5) is 11.3. The normalized spacial score (nSPS) is 27.6. The summed E-state index contributed by atoms with van der Waals surface area (Å²) in [7, 11) is 0. The topological polar surface area (TPSA) is 79.5 Å². The molecule has 1 heterocycles. The first-order valence-electron chi connectivity index (χ1n) is 9.23. The molecule has 2 fully saturated rings. The third-order valence-electron chi connectivity index (χ3n) is 5.57. The van der Waals surface area contributed by atoms with Gasteiger partial charge in [-0.25, -0.2) is 10.2 Å². The van der Waals surface area contributed by atoms with Gasteiger partial charge in [-0.3, -0.25) is 0 Å². The number of carbonyl (C=O) groups is 1. The Bertz CT molecular complexity index is 735. The van der Waals surface area contributed by atoms with Crippen molar-refractivity contribution >= 4 is 11.7 Å². The predicted octanol–water partition coefficient (Wildman–Crippen LogP) is 3.51. The number of amides is 2. The number of nitrogens with two attached hydrogens (primary N) is 1. The lowest BCUT2D eigenvalue weighted by atomic mass is 9.67. The highest BCUT2D eigenvalue weighted by Crippen LogP contribution is 2.46. The molecular formula is C21H24N4O. The zero-order valence-electron chi connectivity index (χ0n) is 14.6. The predicted molar refractivity (Wildman–Crippen MR) is 102 cm³/mol. The summed E-state index contributed by atoms with van der Waals surface area (Å²) in [6.07, 6.45) is 3.28. The van der Waals surface area contributed by atoms with Gasteiger partial charge < -0.3 is 11.1 Å². The first kappa shape index (κ1) is 16.8. The standard InChI is InChI=1S/C21H24N4O/c22-21(26)25-24-20-16-12-7-13-17(20)19(15-10-5-2-6-11-15)23-18(16)14-8-3-1-4-9-14/h1-6,8-11,16-19,23H,7,12-13H2,(H3,22,25,26)/t16-,17-,18-,19-/m1/s1. The van der Waals surface area contributed by atoms with Crippen molar-refractivity contribution in [2.24, 2.45) is 22.7 Å². The van der Waals surface area contributed by atoms with Crippen LogP contribution in [-0.4, -0.2) is 11.7 Å². The maximum atomic E-state index is 11.3. The monoisotopic (exact) mass is 348 g/mol. The van der Waals surface area contributed by atoms with Crippen molar-refractivity contribution in [3.63, 3.8) is 0 Å². The molecular weight excluding hydrogens is 324 g/mol. The molecule has 2 aromatic carbocycles. The van der Waals surface area contributed by atoms with Crippen LogP contribution in [0.5, 0.6) is 0 Å². The van der Waals surface area contributed by atoms with Crippen LogP contribution < -0.4 is 16.5 Å². The van der Waals surface area contributed by atoms with E-state index in [0.717, 1.165) is 18.6 Å². The van der Waals surface area contributed by atoms with Gasteiger partial charge in [-0.1, -0.05) is 67.1 Å². The number of benzene rings is 2. The second-order valence-corrected chi connectivity index (χ2v) is 7.10. The fourth-order valence-electron chi connectivity index (χ4n) is 4.49. The van der Waals surface area contributed by atoms with Gasteiger partial charge in [0.05, 0.1) is 0 Å². The molecule has 0 radical (unpaired) electrons. The lowest BCUT2D eigenvalue weighted by molar-refractivity contribution is 0.230. The zero-order valence-corrected chi connectivity index (χ0v) is 14.6. The molecule has 5 nitrogen and oxygen atoms in total.